The second-order valence-corrected chi connectivity index (χ2v) is 12.5. The first-order chi connectivity index (χ1) is 23.3. The molecular weight excluding hydrogens is 660 g/mol. The summed E-state index contributed by atoms with van der Waals surface area (Å²) >= 11 is 0. The summed E-state index contributed by atoms with van der Waals surface area (Å²) in [7, 11) is 0. The Labute approximate surface area is 284 Å². The van der Waals surface area contributed by atoms with E-state index < -0.39 is 124 Å². The third kappa shape index (κ3) is 11.4. The van der Waals surface area contributed by atoms with E-state index in [9.17, 15) is 50.4 Å². The Hall–Kier alpha value is -1.66. The van der Waals surface area contributed by atoms with Crippen LogP contribution in [-0.4, -0.2) is 178 Å². The molecule has 3 aliphatic heterocycles. The lowest BCUT2D eigenvalue weighted by Gasteiger charge is -2.49. The normalized spacial score (nSPS) is 39.8. The average Bonchev–Trinajstić information content (AvgIpc) is 3.06. The molecule has 49 heavy (non-hydrogen) atoms. The highest BCUT2D eigenvalue weighted by Gasteiger charge is 2.54. The van der Waals surface area contributed by atoms with Gasteiger partial charge in [0.1, 0.15) is 79.8 Å². The second-order valence-electron chi connectivity index (χ2n) is 12.5. The zero-order chi connectivity index (χ0) is 36.2. The first kappa shape index (κ1) is 41.8. The lowest BCUT2D eigenvalue weighted by Crippen LogP contribution is -2.68. The Morgan fingerprint density at radius 2 is 1.27 bits per heavy atom. The van der Waals surface area contributed by atoms with Crippen LogP contribution in [0.1, 0.15) is 52.4 Å². The van der Waals surface area contributed by atoms with Crippen molar-refractivity contribution in [2.75, 3.05) is 33.0 Å². The Bertz CT molecular complexity index is 996. The third-order valence-electron chi connectivity index (χ3n) is 8.60. The van der Waals surface area contributed by atoms with Gasteiger partial charge in [0.2, 0.25) is 11.8 Å². The fourth-order valence-electron chi connectivity index (χ4n) is 5.93. The fourth-order valence-corrected chi connectivity index (χ4v) is 5.93. The number of unbranched alkanes of at least 4 members (excludes halogenated alkanes) is 5. The lowest BCUT2D eigenvalue weighted by molar-refractivity contribution is -0.376. The molecule has 0 aromatic heterocycles. The number of aliphatic hydroxyl groups excluding tert-OH is 8. The fraction of sp³-hybridized carbons (Fsp3) is 0.933. The van der Waals surface area contributed by atoms with Crippen molar-refractivity contribution >= 4 is 11.8 Å². The SMILES string of the molecule is CCCCCCCCO[C@@H]1O[C@H](COCC(N)=O)[C@@H](O[C@@H]2O[C@H](CO)[C@H](O)[C@H](O[C@H]3O[C@H](CO)[C@H](O)[C@H](O)[C@H]3O)[C@H]2O)[C@H](O)[C@H]1NC(C)=O. The maximum Gasteiger partial charge on any atom is 0.243 e. The van der Waals surface area contributed by atoms with Gasteiger partial charge in [-0.25, -0.2) is 0 Å². The smallest absolute Gasteiger partial charge is 0.243 e. The summed E-state index contributed by atoms with van der Waals surface area (Å²) in [5, 5.41) is 86.5. The van der Waals surface area contributed by atoms with Crippen LogP contribution in [0, 0.1) is 0 Å². The number of nitrogens with one attached hydrogen (secondary N) is 1. The number of aliphatic hydroxyl groups is 8. The minimum absolute atomic E-state index is 0.234. The van der Waals surface area contributed by atoms with Gasteiger partial charge in [0.25, 0.3) is 0 Å². The van der Waals surface area contributed by atoms with Crippen LogP contribution >= 0.6 is 0 Å². The van der Waals surface area contributed by atoms with Gasteiger partial charge >= 0.3 is 0 Å². The van der Waals surface area contributed by atoms with E-state index >= 15 is 0 Å². The second kappa shape index (κ2) is 20.4. The molecule has 0 unspecified atom stereocenters. The highest BCUT2D eigenvalue weighted by molar-refractivity contribution is 5.75. The molecule has 15 atom stereocenters. The molecule has 19 heteroatoms. The summed E-state index contributed by atoms with van der Waals surface area (Å²) in [6.45, 7) is 1.08. The minimum Gasteiger partial charge on any atom is -0.394 e. The molecule has 3 rings (SSSR count). The van der Waals surface area contributed by atoms with E-state index in [1.165, 1.54) is 6.92 Å². The summed E-state index contributed by atoms with van der Waals surface area (Å²) in [4.78, 5) is 23.5. The number of rotatable bonds is 19. The van der Waals surface area contributed by atoms with Crippen molar-refractivity contribution in [3.63, 3.8) is 0 Å². The number of hydrogen-bond donors (Lipinski definition) is 10. The van der Waals surface area contributed by atoms with Crippen molar-refractivity contribution in [3.8, 4) is 0 Å². The van der Waals surface area contributed by atoms with Crippen molar-refractivity contribution in [2.45, 2.75) is 144 Å². The van der Waals surface area contributed by atoms with E-state index in [0.29, 0.717) is 6.42 Å². The highest BCUT2D eigenvalue weighted by atomic mass is 16.8. The predicted molar refractivity (Wildman–Crippen MR) is 163 cm³/mol. The quantitative estimate of drug-likeness (QED) is 0.0564. The molecule has 0 aromatic rings. The molecule has 11 N–H and O–H groups in total. The zero-order valence-corrected chi connectivity index (χ0v) is 27.8. The van der Waals surface area contributed by atoms with E-state index in [0.717, 1.165) is 32.1 Å². The van der Waals surface area contributed by atoms with Crippen molar-refractivity contribution in [1.82, 2.24) is 5.32 Å². The van der Waals surface area contributed by atoms with Crippen LogP contribution in [0.2, 0.25) is 0 Å². The molecule has 19 nitrogen and oxygen atoms in total. The zero-order valence-electron chi connectivity index (χ0n) is 27.8. The molecule has 2 amide bonds. The van der Waals surface area contributed by atoms with Crippen LogP contribution in [0.25, 0.3) is 0 Å². The van der Waals surface area contributed by atoms with Crippen LogP contribution in [0.15, 0.2) is 0 Å². The number of primary amides is 1. The van der Waals surface area contributed by atoms with Gasteiger partial charge in [-0.1, -0.05) is 39.0 Å². The molecule has 0 saturated carbocycles. The number of nitrogens with two attached hydrogens (primary N) is 1. The molecular formula is C30H54N2O17. The van der Waals surface area contributed by atoms with Gasteiger partial charge in [-0.05, 0) is 6.42 Å². The van der Waals surface area contributed by atoms with Gasteiger partial charge in [0, 0.05) is 13.5 Å². The Kier molecular flexibility index (Phi) is 17.4. The lowest BCUT2D eigenvalue weighted by atomic mass is 9.95. The van der Waals surface area contributed by atoms with Crippen molar-refractivity contribution < 1.29 is 83.6 Å². The molecule has 0 bridgehead atoms. The van der Waals surface area contributed by atoms with E-state index in [-0.39, 0.29) is 13.2 Å². The molecule has 0 radical (unpaired) electrons. The number of carbonyl (C=O) groups excluding carboxylic acids is 2. The Morgan fingerprint density at radius 3 is 1.88 bits per heavy atom. The Morgan fingerprint density at radius 1 is 0.694 bits per heavy atom. The highest BCUT2D eigenvalue weighted by Crippen LogP contribution is 2.33. The molecule has 0 spiro atoms. The maximum absolute atomic E-state index is 12.2. The Balaban J connectivity index is 1.81. The van der Waals surface area contributed by atoms with Crippen molar-refractivity contribution in [3.05, 3.63) is 0 Å². The van der Waals surface area contributed by atoms with E-state index in [4.69, 9.17) is 38.9 Å². The van der Waals surface area contributed by atoms with Crippen LogP contribution in [0.3, 0.4) is 0 Å². The molecule has 3 heterocycles. The third-order valence-corrected chi connectivity index (χ3v) is 8.60. The van der Waals surface area contributed by atoms with Crippen LogP contribution in [0.5, 0.6) is 0 Å². The monoisotopic (exact) mass is 714 g/mol. The van der Waals surface area contributed by atoms with E-state index in [1.54, 1.807) is 0 Å². The van der Waals surface area contributed by atoms with Gasteiger partial charge in [0.15, 0.2) is 18.9 Å². The van der Waals surface area contributed by atoms with E-state index in [2.05, 4.69) is 12.2 Å². The summed E-state index contributed by atoms with van der Waals surface area (Å²) < 4.78 is 39.9. The van der Waals surface area contributed by atoms with Gasteiger partial charge in [-0.3, -0.25) is 9.59 Å². The van der Waals surface area contributed by atoms with Crippen molar-refractivity contribution in [1.29, 1.82) is 0 Å². The molecule has 0 aliphatic carbocycles. The maximum atomic E-state index is 12.2. The summed E-state index contributed by atoms with van der Waals surface area (Å²) in [5.41, 5.74) is 5.20. The van der Waals surface area contributed by atoms with Gasteiger partial charge in [-0.15, -0.1) is 0 Å². The molecule has 3 aliphatic rings. The largest absolute Gasteiger partial charge is 0.394 e. The van der Waals surface area contributed by atoms with Gasteiger partial charge < -0.3 is 85.1 Å². The first-order valence-electron chi connectivity index (χ1n) is 16.7. The summed E-state index contributed by atoms with van der Waals surface area (Å²) in [5.74, 6) is -1.33. The van der Waals surface area contributed by atoms with Gasteiger partial charge in [0.05, 0.1) is 19.8 Å². The van der Waals surface area contributed by atoms with Crippen LogP contribution < -0.4 is 11.1 Å². The van der Waals surface area contributed by atoms with Crippen LogP contribution in [-0.2, 0) is 42.7 Å². The summed E-state index contributed by atoms with van der Waals surface area (Å²) in [6.07, 6.45) is -16.8. The van der Waals surface area contributed by atoms with Crippen molar-refractivity contribution in [2.24, 2.45) is 5.73 Å². The minimum atomic E-state index is -1.93. The summed E-state index contributed by atoms with van der Waals surface area (Å²) in [6, 6.07) is -1.20. The number of hydrogen-bond acceptors (Lipinski definition) is 17. The standard InChI is InChI=1S/C30H54N2O17/c1-3-4-5-6-7-8-9-44-28-19(32-14(2)35)22(39)26(17(47-28)12-43-13-18(31)36)48-30-25(42)27(21(38)16(11-34)46-30)49-29-24(41)23(40)20(37)15(10-33)45-29/h15-17,19-30,33-34,37-42H,3-13H2,1-2H3,(H2,31,36)(H,32,35)/t15-,16-,17-,19-,20+,21+,22-,23+,24-,25-,26-,27+,28-,29-,30+/m1/s1. The number of ether oxygens (including phenoxy) is 7. The number of carbonyl (C=O) groups is 2. The predicted octanol–water partition coefficient (Wildman–Crippen LogP) is -4.53. The van der Waals surface area contributed by atoms with Crippen LogP contribution in [0.4, 0.5) is 0 Å². The first-order valence-corrected chi connectivity index (χ1v) is 16.7. The molecule has 3 fully saturated rings. The van der Waals surface area contributed by atoms with E-state index in [1.807, 2.05) is 0 Å². The number of amides is 2. The molecule has 0 aromatic carbocycles. The average molecular weight is 715 g/mol. The molecule has 286 valence electrons. The molecule has 3 saturated heterocycles. The topological polar surface area (TPSA) is 299 Å². The van der Waals surface area contributed by atoms with Gasteiger partial charge in [-0.2, -0.15) is 0 Å².